The Kier molecular flexibility index (Phi) is 5.02. The largest absolute Gasteiger partial charge is 0.454 e. The molecule has 1 amide bonds. The Hall–Kier alpha value is -2.83. The number of anilines is 1. The zero-order chi connectivity index (χ0) is 17.8. The molecule has 0 aliphatic carbocycles. The molecule has 2 heterocycles. The Bertz CT molecular complexity index is 777. The lowest BCUT2D eigenvalue weighted by atomic mass is 10.2. The van der Waals surface area contributed by atoms with Crippen molar-refractivity contribution in [2.75, 3.05) is 18.7 Å². The van der Waals surface area contributed by atoms with Gasteiger partial charge in [-0.2, -0.15) is 0 Å². The van der Waals surface area contributed by atoms with Crippen LogP contribution in [0.1, 0.15) is 35.7 Å². The zero-order valence-corrected chi connectivity index (χ0v) is 14.6. The van der Waals surface area contributed by atoms with Gasteiger partial charge < -0.3 is 20.1 Å². The number of nitrogens with zero attached hydrogens (tertiary/aromatic N) is 2. The first-order valence-corrected chi connectivity index (χ1v) is 8.27. The molecular formula is C18H22N4O3. The Morgan fingerprint density at radius 2 is 2.00 bits per heavy atom. The summed E-state index contributed by atoms with van der Waals surface area (Å²) in [6.07, 6.45) is 0. The molecule has 0 bridgehead atoms. The predicted octanol–water partition coefficient (Wildman–Crippen LogP) is 2.51. The highest BCUT2D eigenvalue weighted by atomic mass is 16.7. The van der Waals surface area contributed by atoms with Crippen molar-refractivity contribution in [2.45, 2.75) is 27.3 Å². The van der Waals surface area contributed by atoms with Crippen molar-refractivity contribution in [3.05, 3.63) is 41.3 Å². The van der Waals surface area contributed by atoms with Crippen LogP contribution < -0.4 is 20.1 Å². The molecular weight excluding hydrogens is 320 g/mol. The number of carbonyl (C=O) groups is 1. The number of benzene rings is 1. The van der Waals surface area contributed by atoms with E-state index in [9.17, 15) is 4.79 Å². The number of ether oxygens (including phenoxy) is 2. The first kappa shape index (κ1) is 17.0. The minimum absolute atomic E-state index is 0.190. The Labute approximate surface area is 146 Å². The van der Waals surface area contributed by atoms with Gasteiger partial charge in [0.2, 0.25) is 6.79 Å². The molecule has 1 aliphatic heterocycles. The molecule has 0 spiro atoms. The maximum atomic E-state index is 12.2. The van der Waals surface area contributed by atoms with Crippen molar-refractivity contribution in [3.63, 3.8) is 0 Å². The molecule has 0 fully saturated rings. The van der Waals surface area contributed by atoms with Crippen LogP contribution in [0.25, 0.3) is 0 Å². The summed E-state index contributed by atoms with van der Waals surface area (Å²) in [6.45, 7) is 7.28. The van der Waals surface area contributed by atoms with E-state index in [4.69, 9.17) is 9.47 Å². The summed E-state index contributed by atoms with van der Waals surface area (Å²) in [5.74, 6) is 2.85. The van der Waals surface area contributed by atoms with E-state index in [1.807, 2.05) is 32.0 Å². The molecule has 0 radical (unpaired) electrons. The van der Waals surface area contributed by atoms with E-state index in [0.29, 0.717) is 36.3 Å². The molecule has 2 aromatic rings. The van der Waals surface area contributed by atoms with Crippen LogP contribution in [0.15, 0.2) is 24.3 Å². The Balaban J connectivity index is 1.67. The van der Waals surface area contributed by atoms with E-state index >= 15 is 0 Å². The quantitative estimate of drug-likeness (QED) is 0.839. The van der Waals surface area contributed by atoms with Gasteiger partial charge >= 0.3 is 0 Å². The summed E-state index contributed by atoms with van der Waals surface area (Å²) in [6, 6.07) is 7.44. The van der Waals surface area contributed by atoms with Crippen LogP contribution in [-0.2, 0) is 6.54 Å². The standard InChI is InChI=1S/C18H22N4O3/c1-11(2)8-20-18(23)14-7-17(22-12(3)21-14)19-9-13-4-5-15-16(6-13)25-10-24-15/h4-7,11H,8-10H2,1-3H3,(H,20,23)(H,19,21,22). The SMILES string of the molecule is Cc1nc(NCc2ccc3c(c2)OCO3)cc(C(=O)NCC(C)C)n1. The van der Waals surface area contributed by atoms with Gasteiger partial charge in [-0.05, 0) is 30.5 Å². The maximum absolute atomic E-state index is 12.2. The smallest absolute Gasteiger partial charge is 0.270 e. The van der Waals surface area contributed by atoms with E-state index < -0.39 is 0 Å². The number of aryl methyl sites for hydroxylation is 1. The van der Waals surface area contributed by atoms with E-state index in [-0.39, 0.29) is 12.7 Å². The molecule has 1 aliphatic rings. The predicted molar refractivity (Wildman–Crippen MR) is 93.8 cm³/mol. The van der Waals surface area contributed by atoms with Gasteiger partial charge in [-0.15, -0.1) is 0 Å². The fraction of sp³-hybridized carbons (Fsp3) is 0.389. The minimum atomic E-state index is -0.190. The molecule has 1 aromatic carbocycles. The fourth-order valence-electron chi connectivity index (χ4n) is 2.41. The van der Waals surface area contributed by atoms with Gasteiger partial charge in [0.15, 0.2) is 11.5 Å². The molecule has 3 rings (SSSR count). The third kappa shape index (κ3) is 4.37. The second kappa shape index (κ2) is 7.38. The second-order valence-corrected chi connectivity index (χ2v) is 6.33. The number of fused-ring (bicyclic) bond motifs is 1. The summed E-state index contributed by atoms with van der Waals surface area (Å²) in [5, 5.41) is 6.09. The number of carbonyl (C=O) groups excluding carboxylic acids is 1. The zero-order valence-electron chi connectivity index (χ0n) is 14.6. The third-order valence-corrected chi connectivity index (χ3v) is 3.65. The van der Waals surface area contributed by atoms with Gasteiger partial charge in [0.1, 0.15) is 17.3 Å². The van der Waals surface area contributed by atoms with Crippen molar-refractivity contribution in [3.8, 4) is 11.5 Å². The molecule has 25 heavy (non-hydrogen) atoms. The number of amides is 1. The summed E-state index contributed by atoms with van der Waals surface area (Å²) in [5.41, 5.74) is 1.40. The molecule has 0 atom stereocenters. The van der Waals surface area contributed by atoms with Crippen LogP contribution in [-0.4, -0.2) is 29.2 Å². The van der Waals surface area contributed by atoms with E-state index in [1.165, 1.54) is 0 Å². The average molecular weight is 342 g/mol. The first-order valence-electron chi connectivity index (χ1n) is 8.27. The van der Waals surface area contributed by atoms with Crippen molar-refractivity contribution in [2.24, 2.45) is 5.92 Å². The normalized spacial score (nSPS) is 12.3. The summed E-state index contributed by atoms with van der Waals surface area (Å²) in [7, 11) is 0. The molecule has 0 saturated heterocycles. The summed E-state index contributed by atoms with van der Waals surface area (Å²) in [4.78, 5) is 20.8. The van der Waals surface area contributed by atoms with Crippen LogP contribution >= 0.6 is 0 Å². The van der Waals surface area contributed by atoms with Crippen molar-refractivity contribution in [1.29, 1.82) is 0 Å². The van der Waals surface area contributed by atoms with Crippen LogP contribution in [0.3, 0.4) is 0 Å². The number of nitrogens with one attached hydrogen (secondary N) is 2. The molecule has 0 unspecified atom stereocenters. The topological polar surface area (TPSA) is 85.4 Å². The minimum Gasteiger partial charge on any atom is -0.454 e. The van der Waals surface area contributed by atoms with Crippen LogP contribution in [0, 0.1) is 12.8 Å². The highest BCUT2D eigenvalue weighted by Crippen LogP contribution is 2.32. The number of rotatable bonds is 6. The van der Waals surface area contributed by atoms with Crippen LogP contribution in [0.5, 0.6) is 11.5 Å². The van der Waals surface area contributed by atoms with E-state index in [2.05, 4.69) is 20.6 Å². The fourth-order valence-corrected chi connectivity index (χ4v) is 2.41. The van der Waals surface area contributed by atoms with Crippen LogP contribution in [0.2, 0.25) is 0 Å². The van der Waals surface area contributed by atoms with E-state index in [0.717, 1.165) is 17.1 Å². The monoisotopic (exact) mass is 342 g/mol. The lowest BCUT2D eigenvalue weighted by Crippen LogP contribution is -2.28. The van der Waals surface area contributed by atoms with Gasteiger partial charge in [0, 0.05) is 19.2 Å². The highest BCUT2D eigenvalue weighted by Gasteiger charge is 2.14. The van der Waals surface area contributed by atoms with Crippen LogP contribution in [0.4, 0.5) is 5.82 Å². The van der Waals surface area contributed by atoms with Crippen molar-refractivity contribution in [1.82, 2.24) is 15.3 Å². The highest BCUT2D eigenvalue weighted by molar-refractivity contribution is 5.92. The maximum Gasteiger partial charge on any atom is 0.270 e. The summed E-state index contributed by atoms with van der Waals surface area (Å²) < 4.78 is 10.7. The van der Waals surface area contributed by atoms with Gasteiger partial charge in [0.05, 0.1) is 0 Å². The molecule has 1 aromatic heterocycles. The molecule has 132 valence electrons. The molecule has 7 heteroatoms. The molecule has 0 saturated carbocycles. The Morgan fingerprint density at radius 3 is 2.80 bits per heavy atom. The second-order valence-electron chi connectivity index (χ2n) is 6.33. The lowest BCUT2D eigenvalue weighted by Gasteiger charge is -2.10. The Morgan fingerprint density at radius 1 is 1.20 bits per heavy atom. The van der Waals surface area contributed by atoms with Gasteiger partial charge in [-0.1, -0.05) is 19.9 Å². The summed E-state index contributed by atoms with van der Waals surface area (Å²) >= 11 is 0. The molecule has 2 N–H and O–H groups in total. The third-order valence-electron chi connectivity index (χ3n) is 3.65. The molecule has 7 nitrogen and oxygen atoms in total. The number of hydrogen-bond donors (Lipinski definition) is 2. The van der Waals surface area contributed by atoms with Gasteiger partial charge in [0.25, 0.3) is 5.91 Å². The number of aromatic nitrogens is 2. The van der Waals surface area contributed by atoms with Gasteiger partial charge in [-0.3, -0.25) is 4.79 Å². The van der Waals surface area contributed by atoms with E-state index in [1.54, 1.807) is 13.0 Å². The van der Waals surface area contributed by atoms with Gasteiger partial charge in [-0.25, -0.2) is 9.97 Å². The van der Waals surface area contributed by atoms with Crippen molar-refractivity contribution >= 4 is 11.7 Å². The van der Waals surface area contributed by atoms with Crippen molar-refractivity contribution < 1.29 is 14.3 Å². The number of hydrogen-bond acceptors (Lipinski definition) is 6. The first-order chi connectivity index (χ1) is 12.0. The average Bonchev–Trinajstić information content (AvgIpc) is 3.05. The lowest BCUT2D eigenvalue weighted by molar-refractivity contribution is 0.0943.